The van der Waals surface area contributed by atoms with Gasteiger partial charge in [0.1, 0.15) is 0 Å². The summed E-state index contributed by atoms with van der Waals surface area (Å²) in [4.78, 5) is 28.0. The highest BCUT2D eigenvalue weighted by Crippen LogP contribution is 2.24. The standard InChI is InChI=1S/C20H29N3O3/c1-2-26-20(25)23-12-5-8-18(11-15-23)22-13-9-16(10-14-22)19(24)21-17-6-3-4-7-17/h5,8,11-12,15-17H,2-4,6-7,9-10,13-14H2,1H3,(H,21,24). The first-order chi connectivity index (χ1) is 12.7. The van der Waals surface area contributed by atoms with Crippen molar-refractivity contribution in [1.29, 1.82) is 0 Å². The summed E-state index contributed by atoms with van der Waals surface area (Å²) >= 11 is 0. The van der Waals surface area contributed by atoms with E-state index < -0.39 is 0 Å². The average molecular weight is 359 g/mol. The van der Waals surface area contributed by atoms with Gasteiger partial charge < -0.3 is 15.0 Å². The fourth-order valence-electron chi connectivity index (χ4n) is 3.82. The minimum absolute atomic E-state index is 0.119. The number of hydrogen-bond donors (Lipinski definition) is 1. The lowest BCUT2D eigenvalue weighted by molar-refractivity contribution is -0.127. The van der Waals surface area contributed by atoms with Crippen molar-refractivity contribution in [3.63, 3.8) is 0 Å². The van der Waals surface area contributed by atoms with Gasteiger partial charge in [-0.05, 0) is 50.8 Å². The molecule has 2 fully saturated rings. The van der Waals surface area contributed by atoms with E-state index in [-0.39, 0.29) is 17.9 Å². The predicted octanol–water partition coefficient (Wildman–Crippen LogP) is 3.14. The van der Waals surface area contributed by atoms with Crippen LogP contribution in [0.15, 0.2) is 36.3 Å². The van der Waals surface area contributed by atoms with Gasteiger partial charge in [-0.25, -0.2) is 4.79 Å². The Kier molecular flexibility index (Phi) is 6.36. The van der Waals surface area contributed by atoms with Crippen LogP contribution in [0.1, 0.15) is 45.4 Å². The summed E-state index contributed by atoms with van der Waals surface area (Å²) in [5.41, 5.74) is 1.06. The summed E-state index contributed by atoms with van der Waals surface area (Å²) in [6.45, 7) is 3.85. The van der Waals surface area contributed by atoms with Gasteiger partial charge >= 0.3 is 6.09 Å². The molecule has 0 aromatic carbocycles. The molecule has 26 heavy (non-hydrogen) atoms. The van der Waals surface area contributed by atoms with Gasteiger partial charge in [-0.2, -0.15) is 0 Å². The molecule has 3 aliphatic rings. The maximum atomic E-state index is 12.4. The third-order valence-corrected chi connectivity index (χ3v) is 5.33. The maximum Gasteiger partial charge on any atom is 0.417 e. The number of ether oxygens (including phenoxy) is 1. The zero-order valence-electron chi connectivity index (χ0n) is 15.5. The number of carbonyl (C=O) groups excluding carboxylic acids is 2. The lowest BCUT2D eigenvalue weighted by atomic mass is 9.95. The number of piperidine rings is 1. The van der Waals surface area contributed by atoms with Gasteiger partial charge in [0.2, 0.25) is 5.91 Å². The van der Waals surface area contributed by atoms with Gasteiger partial charge in [0.15, 0.2) is 0 Å². The third kappa shape index (κ3) is 4.68. The van der Waals surface area contributed by atoms with Crippen molar-refractivity contribution in [2.45, 2.75) is 51.5 Å². The Morgan fingerprint density at radius 3 is 2.58 bits per heavy atom. The number of hydrogen-bond acceptors (Lipinski definition) is 4. The minimum Gasteiger partial charge on any atom is -0.449 e. The van der Waals surface area contributed by atoms with E-state index >= 15 is 0 Å². The van der Waals surface area contributed by atoms with Crippen molar-refractivity contribution in [3.05, 3.63) is 36.3 Å². The first kappa shape index (κ1) is 18.5. The smallest absolute Gasteiger partial charge is 0.417 e. The summed E-state index contributed by atoms with van der Waals surface area (Å²) in [6, 6.07) is 0.395. The molecular weight excluding hydrogens is 330 g/mol. The summed E-state index contributed by atoms with van der Waals surface area (Å²) < 4.78 is 5.02. The molecule has 3 rings (SSSR count). The van der Waals surface area contributed by atoms with E-state index in [4.69, 9.17) is 4.74 Å². The van der Waals surface area contributed by atoms with Crippen LogP contribution < -0.4 is 5.32 Å². The van der Waals surface area contributed by atoms with E-state index in [1.165, 1.54) is 17.7 Å². The normalized spacial score (nSPS) is 21.5. The van der Waals surface area contributed by atoms with Gasteiger partial charge in [-0.15, -0.1) is 0 Å². The molecule has 2 heterocycles. The van der Waals surface area contributed by atoms with Crippen molar-refractivity contribution < 1.29 is 14.3 Å². The maximum absolute atomic E-state index is 12.4. The lowest BCUT2D eigenvalue weighted by Crippen LogP contribution is -2.42. The molecule has 0 atom stereocenters. The topological polar surface area (TPSA) is 61.9 Å². The molecular formula is C20H29N3O3. The molecule has 1 N–H and O–H groups in total. The van der Waals surface area contributed by atoms with Gasteiger partial charge in [0, 0.05) is 43.1 Å². The third-order valence-electron chi connectivity index (χ3n) is 5.33. The second-order valence-corrected chi connectivity index (χ2v) is 7.11. The molecule has 1 saturated heterocycles. The van der Waals surface area contributed by atoms with Crippen LogP contribution in [-0.4, -0.2) is 47.5 Å². The number of amides is 2. The number of likely N-dealkylation sites (tertiary alicyclic amines) is 1. The van der Waals surface area contributed by atoms with Crippen molar-refractivity contribution in [1.82, 2.24) is 15.1 Å². The van der Waals surface area contributed by atoms with E-state index in [0.717, 1.165) is 44.5 Å². The Labute approximate surface area is 155 Å². The summed E-state index contributed by atoms with van der Waals surface area (Å²) in [5, 5.41) is 3.23. The predicted molar refractivity (Wildman–Crippen MR) is 99.9 cm³/mol. The SMILES string of the molecule is CCOC(=O)N1C=CC=C(N2CCC(C(=O)NC3CCCC3)CC2)C=C1. The van der Waals surface area contributed by atoms with E-state index in [0.29, 0.717) is 12.6 Å². The zero-order chi connectivity index (χ0) is 18.4. The van der Waals surface area contributed by atoms with Gasteiger partial charge in [-0.3, -0.25) is 9.69 Å². The van der Waals surface area contributed by atoms with Crippen LogP contribution >= 0.6 is 0 Å². The first-order valence-corrected chi connectivity index (χ1v) is 9.74. The molecule has 2 aliphatic heterocycles. The number of allylic oxidation sites excluding steroid dienone is 3. The molecule has 142 valence electrons. The largest absolute Gasteiger partial charge is 0.449 e. The van der Waals surface area contributed by atoms with Gasteiger partial charge in [-0.1, -0.05) is 12.8 Å². The van der Waals surface area contributed by atoms with E-state index in [2.05, 4.69) is 10.2 Å². The Hall–Kier alpha value is -2.24. The molecule has 0 spiro atoms. The van der Waals surface area contributed by atoms with Crippen LogP contribution in [0.3, 0.4) is 0 Å². The molecule has 0 radical (unpaired) electrons. The second kappa shape index (κ2) is 8.92. The summed E-state index contributed by atoms with van der Waals surface area (Å²) in [7, 11) is 0. The molecule has 1 aliphatic carbocycles. The molecule has 6 nitrogen and oxygen atoms in total. The molecule has 0 bridgehead atoms. The van der Waals surface area contributed by atoms with E-state index in [9.17, 15) is 9.59 Å². The first-order valence-electron chi connectivity index (χ1n) is 9.74. The van der Waals surface area contributed by atoms with Crippen LogP contribution in [-0.2, 0) is 9.53 Å². The van der Waals surface area contributed by atoms with Crippen LogP contribution in [0.25, 0.3) is 0 Å². The molecule has 0 aromatic rings. The quantitative estimate of drug-likeness (QED) is 0.838. The highest BCUT2D eigenvalue weighted by atomic mass is 16.5. The fourth-order valence-corrected chi connectivity index (χ4v) is 3.82. The Morgan fingerprint density at radius 1 is 1.15 bits per heavy atom. The van der Waals surface area contributed by atoms with E-state index in [1.54, 1.807) is 19.3 Å². The monoisotopic (exact) mass is 359 g/mol. The zero-order valence-corrected chi connectivity index (χ0v) is 15.5. The van der Waals surface area contributed by atoms with Gasteiger partial charge in [0.25, 0.3) is 0 Å². The number of rotatable bonds is 4. The van der Waals surface area contributed by atoms with Crippen LogP contribution in [0.2, 0.25) is 0 Å². The summed E-state index contributed by atoms with van der Waals surface area (Å²) in [5.74, 6) is 0.351. The Balaban J connectivity index is 1.49. The van der Waals surface area contributed by atoms with Crippen LogP contribution in [0, 0.1) is 5.92 Å². The minimum atomic E-state index is -0.378. The average Bonchev–Trinajstić information content (AvgIpc) is 3.03. The fraction of sp³-hybridized carbons (Fsp3) is 0.600. The molecule has 2 amide bonds. The molecule has 6 heteroatoms. The van der Waals surface area contributed by atoms with Crippen molar-refractivity contribution in [3.8, 4) is 0 Å². The molecule has 1 saturated carbocycles. The van der Waals surface area contributed by atoms with Crippen LogP contribution in [0.4, 0.5) is 4.79 Å². The molecule has 0 aromatic heterocycles. The number of carbonyl (C=O) groups is 2. The second-order valence-electron chi connectivity index (χ2n) is 7.11. The van der Waals surface area contributed by atoms with Crippen molar-refractivity contribution in [2.75, 3.05) is 19.7 Å². The highest BCUT2D eigenvalue weighted by molar-refractivity contribution is 5.79. The van der Waals surface area contributed by atoms with Crippen molar-refractivity contribution >= 4 is 12.0 Å². The van der Waals surface area contributed by atoms with Crippen LogP contribution in [0.5, 0.6) is 0 Å². The lowest BCUT2D eigenvalue weighted by Gasteiger charge is -2.34. The molecule has 0 unspecified atom stereocenters. The highest BCUT2D eigenvalue weighted by Gasteiger charge is 2.27. The van der Waals surface area contributed by atoms with Gasteiger partial charge in [0.05, 0.1) is 6.61 Å². The number of nitrogens with one attached hydrogen (secondary N) is 1. The Morgan fingerprint density at radius 2 is 1.88 bits per heavy atom. The Bertz CT molecular complexity index is 597. The van der Waals surface area contributed by atoms with E-state index in [1.807, 2.05) is 18.2 Å². The summed E-state index contributed by atoms with van der Waals surface area (Å²) in [6.07, 6.45) is 15.3. The number of nitrogens with zero attached hydrogens (tertiary/aromatic N) is 2. The van der Waals surface area contributed by atoms with Crippen molar-refractivity contribution in [2.24, 2.45) is 5.92 Å².